The van der Waals surface area contributed by atoms with Gasteiger partial charge in [0.1, 0.15) is 5.03 Å². The van der Waals surface area contributed by atoms with E-state index in [0.29, 0.717) is 11.1 Å². The van der Waals surface area contributed by atoms with Crippen molar-refractivity contribution < 1.29 is 0 Å². The summed E-state index contributed by atoms with van der Waals surface area (Å²) in [7, 11) is 1.80. The first-order valence-electron chi connectivity index (χ1n) is 5.68. The molecule has 0 bridgehead atoms. The van der Waals surface area contributed by atoms with Gasteiger partial charge in [-0.3, -0.25) is 0 Å². The Morgan fingerprint density at radius 1 is 1.44 bits per heavy atom. The number of nitrogens with zero attached hydrogens (tertiary/aromatic N) is 6. The molecule has 0 aliphatic rings. The minimum Gasteiger partial charge on any atom is -0.354 e. The Hall–Kier alpha value is -1.70. The smallest absolute Gasteiger partial charge is 0.223 e. The molecule has 2 rings (SSSR count). The lowest BCUT2D eigenvalue weighted by molar-refractivity contribution is 0.664. The SMILES string of the molecule is CCCNc1ncc(C)c(Sc2nnnn2C)n1. The zero-order valence-electron chi connectivity index (χ0n) is 10.6. The molecule has 2 heterocycles. The number of hydrogen-bond acceptors (Lipinski definition) is 7. The van der Waals surface area contributed by atoms with Gasteiger partial charge < -0.3 is 5.32 Å². The van der Waals surface area contributed by atoms with Gasteiger partial charge in [-0.05, 0) is 35.5 Å². The predicted octanol–water partition coefficient (Wildman–Crippen LogP) is 1.28. The van der Waals surface area contributed by atoms with Crippen molar-refractivity contribution in [3.8, 4) is 0 Å². The molecule has 0 aliphatic carbocycles. The highest BCUT2D eigenvalue weighted by molar-refractivity contribution is 7.99. The van der Waals surface area contributed by atoms with Gasteiger partial charge in [-0.2, -0.15) is 0 Å². The lowest BCUT2D eigenvalue weighted by Gasteiger charge is -2.06. The van der Waals surface area contributed by atoms with E-state index < -0.39 is 0 Å². The number of anilines is 1. The van der Waals surface area contributed by atoms with Gasteiger partial charge in [0.2, 0.25) is 11.1 Å². The number of aromatic nitrogens is 6. The Kier molecular flexibility index (Phi) is 4.08. The second-order valence-electron chi connectivity index (χ2n) is 3.80. The van der Waals surface area contributed by atoms with Crippen LogP contribution in [0.3, 0.4) is 0 Å². The fourth-order valence-electron chi connectivity index (χ4n) is 1.25. The van der Waals surface area contributed by atoms with Gasteiger partial charge in [-0.1, -0.05) is 6.92 Å². The number of hydrogen-bond donors (Lipinski definition) is 1. The molecule has 0 saturated heterocycles. The average Bonchev–Trinajstić information content (AvgIpc) is 2.76. The van der Waals surface area contributed by atoms with E-state index in [-0.39, 0.29) is 0 Å². The lowest BCUT2D eigenvalue weighted by atomic mass is 10.4. The molecular formula is C10H15N7S. The molecule has 0 radical (unpaired) electrons. The number of tetrazole rings is 1. The molecule has 0 aromatic carbocycles. The summed E-state index contributed by atoms with van der Waals surface area (Å²) in [5.74, 6) is 0.639. The Morgan fingerprint density at radius 2 is 2.28 bits per heavy atom. The molecule has 8 heteroatoms. The molecule has 96 valence electrons. The zero-order chi connectivity index (χ0) is 13.0. The molecule has 18 heavy (non-hydrogen) atoms. The van der Waals surface area contributed by atoms with Gasteiger partial charge in [-0.25, -0.2) is 14.6 Å². The first-order chi connectivity index (χ1) is 8.70. The molecule has 0 spiro atoms. The fraction of sp³-hybridized carbons (Fsp3) is 0.500. The van der Waals surface area contributed by atoms with E-state index in [1.165, 1.54) is 11.8 Å². The van der Waals surface area contributed by atoms with Crippen LogP contribution < -0.4 is 5.32 Å². The summed E-state index contributed by atoms with van der Waals surface area (Å²) in [6.07, 6.45) is 2.84. The maximum atomic E-state index is 4.46. The van der Waals surface area contributed by atoms with Crippen LogP contribution in [0.4, 0.5) is 5.95 Å². The maximum Gasteiger partial charge on any atom is 0.223 e. The summed E-state index contributed by atoms with van der Waals surface area (Å²) in [6.45, 7) is 4.93. The van der Waals surface area contributed by atoms with Crippen LogP contribution in [0.25, 0.3) is 0 Å². The standard InChI is InChI=1S/C10H15N7S/c1-4-5-11-9-12-6-7(2)8(13-9)18-10-14-15-16-17(10)3/h6H,4-5H2,1-3H3,(H,11,12,13). The van der Waals surface area contributed by atoms with Gasteiger partial charge in [0.05, 0.1) is 0 Å². The highest BCUT2D eigenvalue weighted by Crippen LogP contribution is 2.26. The van der Waals surface area contributed by atoms with Crippen LogP contribution in [0, 0.1) is 6.92 Å². The van der Waals surface area contributed by atoms with E-state index >= 15 is 0 Å². The molecular weight excluding hydrogens is 250 g/mol. The van der Waals surface area contributed by atoms with Crippen molar-refractivity contribution in [1.29, 1.82) is 0 Å². The van der Waals surface area contributed by atoms with Crippen LogP contribution in [0.15, 0.2) is 16.4 Å². The van der Waals surface area contributed by atoms with Gasteiger partial charge in [0, 0.05) is 25.4 Å². The summed E-state index contributed by atoms with van der Waals surface area (Å²) in [5, 5.41) is 16.1. The van der Waals surface area contributed by atoms with Gasteiger partial charge >= 0.3 is 0 Å². The molecule has 1 N–H and O–H groups in total. The molecule has 0 saturated carbocycles. The first kappa shape index (κ1) is 12.7. The van der Waals surface area contributed by atoms with Crippen molar-refractivity contribution in [3.63, 3.8) is 0 Å². The third-order valence-corrected chi connectivity index (χ3v) is 3.36. The minimum atomic E-state index is 0.639. The molecule has 0 fully saturated rings. The molecule has 2 aromatic rings. The van der Waals surface area contributed by atoms with Crippen molar-refractivity contribution in [2.75, 3.05) is 11.9 Å². The summed E-state index contributed by atoms with van der Waals surface area (Å²) < 4.78 is 1.62. The zero-order valence-corrected chi connectivity index (χ0v) is 11.4. The third-order valence-electron chi connectivity index (χ3n) is 2.23. The normalized spacial score (nSPS) is 10.6. The maximum absolute atomic E-state index is 4.46. The Labute approximate surface area is 109 Å². The van der Waals surface area contributed by atoms with Crippen molar-refractivity contribution >= 4 is 17.7 Å². The van der Waals surface area contributed by atoms with E-state index in [1.54, 1.807) is 17.9 Å². The summed E-state index contributed by atoms with van der Waals surface area (Å²) in [4.78, 5) is 8.69. The van der Waals surface area contributed by atoms with Gasteiger partial charge in [0.25, 0.3) is 0 Å². The summed E-state index contributed by atoms with van der Waals surface area (Å²) in [5.41, 5.74) is 1.00. The topological polar surface area (TPSA) is 81.4 Å². The Balaban J connectivity index is 2.18. The van der Waals surface area contributed by atoms with Crippen molar-refractivity contribution in [3.05, 3.63) is 11.8 Å². The van der Waals surface area contributed by atoms with Gasteiger partial charge in [0.15, 0.2) is 0 Å². The molecule has 0 amide bonds. The van der Waals surface area contributed by atoms with Crippen molar-refractivity contribution in [1.82, 2.24) is 30.2 Å². The molecule has 0 atom stereocenters. The largest absolute Gasteiger partial charge is 0.354 e. The predicted molar refractivity (Wildman–Crippen MR) is 68.5 cm³/mol. The quantitative estimate of drug-likeness (QED) is 0.815. The van der Waals surface area contributed by atoms with E-state index in [2.05, 4.69) is 37.7 Å². The molecule has 2 aromatic heterocycles. The summed E-state index contributed by atoms with van der Waals surface area (Å²) in [6, 6.07) is 0. The molecule has 0 unspecified atom stereocenters. The first-order valence-corrected chi connectivity index (χ1v) is 6.50. The van der Waals surface area contributed by atoms with Crippen molar-refractivity contribution in [2.24, 2.45) is 7.05 Å². The number of aryl methyl sites for hydroxylation is 2. The van der Waals surface area contributed by atoms with E-state index in [0.717, 1.165) is 23.6 Å². The van der Waals surface area contributed by atoms with Crippen LogP contribution in [-0.2, 0) is 7.05 Å². The highest BCUT2D eigenvalue weighted by atomic mass is 32.2. The number of nitrogens with one attached hydrogen (secondary N) is 1. The summed E-state index contributed by atoms with van der Waals surface area (Å²) >= 11 is 1.43. The van der Waals surface area contributed by atoms with Crippen LogP contribution >= 0.6 is 11.8 Å². The monoisotopic (exact) mass is 265 g/mol. The van der Waals surface area contributed by atoms with Crippen LogP contribution in [0.5, 0.6) is 0 Å². The van der Waals surface area contributed by atoms with Crippen LogP contribution in [0.2, 0.25) is 0 Å². The van der Waals surface area contributed by atoms with E-state index in [1.807, 2.05) is 6.92 Å². The molecule has 0 aliphatic heterocycles. The average molecular weight is 265 g/mol. The van der Waals surface area contributed by atoms with Crippen LogP contribution in [0.1, 0.15) is 18.9 Å². The van der Waals surface area contributed by atoms with Crippen LogP contribution in [-0.4, -0.2) is 36.7 Å². The lowest BCUT2D eigenvalue weighted by Crippen LogP contribution is -2.05. The van der Waals surface area contributed by atoms with E-state index in [9.17, 15) is 0 Å². The van der Waals surface area contributed by atoms with Crippen molar-refractivity contribution in [2.45, 2.75) is 30.5 Å². The van der Waals surface area contributed by atoms with Gasteiger partial charge in [-0.15, -0.1) is 5.10 Å². The molecule has 7 nitrogen and oxygen atoms in total. The Morgan fingerprint density at radius 3 is 2.94 bits per heavy atom. The fourth-order valence-corrected chi connectivity index (χ4v) is 2.01. The second-order valence-corrected chi connectivity index (χ2v) is 4.75. The second kappa shape index (κ2) is 5.76. The highest BCUT2D eigenvalue weighted by Gasteiger charge is 2.10. The third kappa shape index (κ3) is 2.95. The number of rotatable bonds is 5. The minimum absolute atomic E-state index is 0.639. The Bertz CT molecular complexity index is 525. The van der Waals surface area contributed by atoms with E-state index in [4.69, 9.17) is 0 Å².